The minimum atomic E-state index is -0.404. The number of rotatable bonds is 4. The smallest absolute Gasteiger partial charge is 0.276 e. The fourth-order valence-corrected chi connectivity index (χ4v) is 3.22. The second-order valence-corrected chi connectivity index (χ2v) is 5.96. The Labute approximate surface area is 141 Å². The number of aryl methyl sites for hydroxylation is 1. The first kappa shape index (κ1) is 15.8. The molecule has 0 radical (unpaired) electrons. The molecule has 0 atom stereocenters. The standard InChI is InChI=1S/C17H14N4O2S/c1-20-15-10-4-5-11-16(15)24-17(20)19-18-12-6-8-13-7-2-3-9-14(13)21(22)23/h2-12H,1H3/b8-6+,18-12-,19-17+. The predicted octanol–water partition coefficient (Wildman–Crippen LogP) is 3.75. The number of hydrogen-bond donors (Lipinski definition) is 0. The van der Waals surface area contributed by atoms with Gasteiger partial charge >= 0.3 is 0 Å². The van der Waals surface area contributed by atoms with Crippen molar-refractivity contribution in [1.29, 1.82) is 0 Å². The van der Waals surface area contributed by atoms with Crippen LogP contribution in [-0.4, -0.2) is 15.7 Å². The van der Waals surface area contributed by atoms with Crippen molar-refractivity contribution < 1.29 is 4.92 Å². The van der Waals surface area contributed by atoms with E-state index >= 15 is 0 Å². The van der Waals surface area contributed by atoms with Crippen LogP contribution in [0.3, 0.4) is 0 Å². The molecule has 0 aliphatic heterocycles. The Kier molecular flexibility index (Phi) is 4.62. The van der Waals surface area contributed by atoms with Crippen molar-refractivity contribution >= 4 is 39.5 Å². The molecule has 0 spiro atoms. The summed E-state index contributed by atoms with van der Waals surface area (Å²) >= 11 is 1.55. The molecule has 0 aliphatic rings. The number of nitro benzene ring substituents is 1. The van der Waals surface area contributed by atoms with Gasteiger partial charge in [-0.2, -0.15) is 5.10 Å². The van der Waals surface area contributed by atoms with Gasteiger partial charge in [0.05, 0.1) is 20.7 Å². The van der Waals surface area contributed by atoms with Crippen LogP contribution < -0.4 is 4.80 Å². The summed E-state index contributed by atoms with van der Waals surface area (Å²) < 4.78 is 3.12. The lowest BCUT2D eigenvalue weighted by molar-refractivity contribution is -0.385. The quantitative estimate of drug-likeness (QED) is 0.413. The Bertz CT molecular complexity index is 1010. The average molecular weight is 338 g/mol. The van der Waals surface area contributed by atoms with Crippen LogP contribution in [0.5, 0.6) is 0 Å². The van der Waals surface area contributed by atoms with Crippen molar-refractivity contribution in [3.8, 4) is 0 Å². The van der Waals surface area contributed by atoms with Crippen LogP contribution in [0, 0.1) is 10.1 Å². The molecule has 24 heavy (non-hydrogen) atoms. The van der Waals surface area contributed by atoms with Gasteiger partial charge in [0.15, 0.2) is 0 Å². The van der Waals surface area contributed by atoms with Crippen molar-refractivity contribution in [2.45, 2.75) is 0 Å². The molecule has 0 aliphatic carbocycles. The van der Waals surface area contributed by atoms with E-state index in [0.29, 0.717) is 5.56 Å². The van der Waals surface area contributed by atoms with E-state index in [1.165, 1.54) is 12.3 Å². The van der Waals surface area contributed by atoms with E-state index in [1.54, 1.807) is 41.7 Å². The number of nitrogens with zero attached hydrogens (tertiary/aromatic N) is 4. The molecular weight excluding hydrogens is 324 g/mol. The van der Waals surface area contributed by atoms with Crippen molar-refractivity contribution in [2.24, 2.45) is 17.3 Å². The van der Waals surface area contributed by atoms with E-state index in [1.807, 2.05) is 35.9 Å². The molecule has 120 valence electrons. The molecule has 3 rings (SSSR count). The summed E-state index contributed by atoms with van der Waals surface area (Å²) in [6.07, 6.45) is 4.79. The van der Waals surface area contributed by atoms with E-state index in [-0.39, 0.29) is 5.69 Å². The van der Waals surface area contributed by atoms with Crippen LogP contribution in [0.25, 0.3) is 16.3 Å². The third-order valence-corrected chi connectivity index (χ3v) is 4.52. The Morgan fingerprint density at radius 3 is 2.71 bits per heavy atom. The Morgan fingerprint density at radius 2 is 1.92 bits per heavy atom. The number of aromatic nitrogens is 1. The maximum atomic E-state index is 10.9. The highest BCUT2D eigenvalue weighted by Gasteiger charge is 2.08. The lowest BCUT2D eigenvalue weighted by atomic mass is 10.2. The number of benzene rings is 2. The van der Waals surface area contributed by atoms with Crippen LogP contribution in [0.1, 0.15) is 5.56 Å². The lowest BCUT2D eigenvalue weighted by Gasteiger charge is -1.94. The second kappa shape index (κ2) is 7.01. The minimum Gasteiger partial charge on any atom is -0.318 e. The van der Waals surface area contributed by atoms with Crippen LogP contribution in [-0.2, 0) is 7.05 Å². The van der Waals surface area contributed by atoms with Crippen LogP contribution >= 0.6 is 11.3 Å². The fraction of sp³-hybridized carbons (Fsp3) is 0.0588. The molecule has 0 unspecified atom stereocenters. The Morgan fingerprint density at radius 1 is 1.17 bits per heavy atom. The zero-order chi connectivity index (χ0) is 16.9. The van der Waals surface area contributed by atoms with Crippen LogP contribution in [0.2, 0.25) is 0 Å². The van der Waals surface area contributed by atoms with Gasteiger partial charge in [0.2, 0.25) is 4.80 Å². The van der Waals surface area contributed by atoms with E-state index in [2.05, 4.69) is 10.2 Å². The molecule has 6 nitrogen and oxygen atoms in total. The normalized spacial score (nSPS) is 12.6. The first-order valence-electron chi connectivity index (χ1n) is 7.18. The van der Waals surface area contributed by atoms with Crippen molar-refractivity contribution in [3.63, 3.8) is 0 Å². The highest BCUT2D eigenvalue weighted by Crippen LogP contribution is 2.18. The molecule has 1 aromatic heterocycles. The van der Waals surface area contributed by atoms with E-state index < -0.39 is 4.92 Å². The van der Waals surface area contributed by atoms with Gasteiger partial charge in [0.1, 0.15) is 0 Å². The zero-order valence-electron chi connectivity index (χ0n) is 12.9. The van der Waals surface area contributed by atoms with Crippen molar-refractivity contribution in [2.75, 3.05) is 0 Å². The molecule has 0 N–H and O–H groups in total. The zero-order valence-corrected chi connectivity index (χ0v) is 13.7. The van der Waals surface area contributed by atoms with Gasteiger partial charge in [0.25, 0.3) is 5.69 Å². The van der Waals surface area contributed by atoms with E-state index in [4.69, 9.17) is 0 Å². The number of nitro groups is 1. The highest BCUT2D eigenvalue weighted by atomic mass is 32.1. The number of thiazole rings is 1. The molecule has 1 heterocycles. The van der Waals surface area contributed by atoms with Gasteiger partial charge in [-0.3, -0.25) is 10.1 Å². The average Bonchev–Trinajstić information content (AvgIpc) is 2.91. The summed E-state index contributed by atoms with van der Waals surface area (Å²) in [5.74, 6) is 0. The van der Waals surface area contributed by atoms with Gasteiger partial charge in [-0.25, -0.2) is 0 Å². The van der Waals surface area contributed by atoms with Gasteiger partial charge < -0.3 is 4.57 Å². The number of hydrogen-bond acceptors (Lipinski definition) is 5. The summed E-state index contributed by atoms with van der Waals surface area (Å²) in [5, 5.41) is 19.2. The summed E-state index contributed by atoms with van der Waals surface area (Å²) in [5.41, 5.74) is 1.70. The summed E-state index contributed by atoms with van der Waals surface area (Å²) in [4.78, 5) is 11.3. The fourth-order valence-electron chi connectivity index (χ4n) is 2.24. The molecule has 3 aromatic rings. The van der Waals surface area contributed by atoms with Crippen LogP contribution in [0.4, 0.5) is 5.69 Å². The summed E-state index contributed by atoms with van der Waals surface area (Å²) in [7, 11) is 1.94. The van der Waals surface area contributed by atoms with Gasteiger partial charge in [-0.15, -0.1) is 5.10 Å². The first-order chi connectivity index (χ1) is 11.7. The number of para-hydroxylation sites is 2. The van der Waals surface area contributed by atoms with Crippen molar-refractivity contribution in [3.05, 3.63) is 75.1 Å². The van der Waals surface area contributed by atoms with Crippen LogP contribution in [0.15, 0.2) is 64.8 Å². The molecule has 7 heteroatoms. The lowest BCUT2D eigenvalue weighted by Crippen LogP contribution is -2.08. The van der Waals surface area contributed by atoms with E-state index in [9.17, 15) is 10.1 Å². The third-order valence-electron chi connectivity index (χ3n) is 3.42. The molecule has 0 amide bonds. The number of allylic oxidation sites excluding steroid dienone is 1. The predicted molar refractivity (Wildman–Crippen MR) is 97.0 cm³/mol. The number of fused-ring (bicyclic) bond motifs is 1. The SMILES string of the molecule is Cn1\c(=N/N=C\C=C\c2ccccc2[N+](=O)[O-])sc2ccccc21. The van der Waals surface area contributed by atoms with Crippen molar-refractivity contribution in [1.82, 2.24) is 4.57 Å². The van der Waals surface area contributed by atoms with Gasteiger partial charge in [0, 0.05) is 19.3 Å². The molecule has 2 aromatic carbocycles. The summed E-state index contributed by atoms with van der Waals surface area (Å²) in [6, 6.07) is 14.6. The molecular formula is C17H14N4O2S. The summed E-state index contributed by atoms with van der Waals surface area (Å²) in [6.45, 7) is 0. The molecule has 0 saturated heterocycles. The maximum absolute atomic E-state index is 10.9. The van der Waals surface area contributed by atoms with E-state index in [0.717, 1.165) is 15.0 Å². The Balaban J connectivity index is 1.82. The van der Waals surface area contributed by atoms with Gasteiger partial charge in [-0.05, 0) is 30.4 Å². The third kappa shape index (κ3) is 3.31. The first-order valence-corrected chi connectivity index (χ1v) is 8.00. The molecule has 0 saturated carbocycles. The minimum absolute atomic E-state index is 0.0648. The topological polar surface area (TPSA) is 72.8 Å². The van der Waals surface area contributed by atoms with Gasteiger partial charge in [-0.1, -0.05) is 35.6 Å². The largest absolute Gasteiger partial charge is 0.318 e. The monoisotopic (exact) mass is 338 g/mol. The molecule has 0 bridgehead atoms. The molecule has 0 fully saturated rings. The second-order valence-electron chi connectivity index (χ2n) is 4.95. The maximum Gasteiger partial charge on any atom is 0.276 e. The highest BCUT2D eigenvalue weighted by molar-refractivity contribution is 7.16. The Hall–Kier alpha value is -3.06.